The van der Waals surface area contributed by atoms with Crippen molar-refractivity contribution in [1.29, 1.82) is 0 Å². The molecule has 0 unspecified atom stereocenters. The van der Waals surface area contributed by atoms with Crippen LogP contribution in [0.25, 0.3) is 16.9 Å². The van der Waals surface area contributed by atoms with Crippen molar-refractivity contribution in [2.45, 2.75) is 25.4 Å². The number of methoxy groups -OCH3 is 1. The molecule has 0 N–H and O–H groups in total. The van der Waals surface area contributed by atoms with Gasteiger partial charge in [0.25, 0.3) is 5.19 Å². The molecular weight excluding hydrogens is 414 g/mol. The van der Waals surface area contributed by atoms with Gasteiger partial charge < -0.3 is 9.47 Å². The van der Waals surface area contributed by atoms with Crippen molar-refractivity contribution in [2.24, 2.45) is 7.05 Å². The number of thiazole rings is 1. The Hall–Kier alpha value is -3.46. The number of benzene rings is 2. The van der Waals surface area contributed by atoms with E-state index in [1.54, 1.807) is 14.2 Å². The molecule has 2 aromatic carbocycles. The molecule has 1 aliphatic rings. The fraction of sp³-hybridized carbons (Fsp3) is 0.273. The summed E-state index contributed by atoms with van der Waals surface area (Å²) in [7, 11) is 3.23. The third-order valence-electron chi connectivity index (χ3n) is 5.36. The molecule has 0 atom stereocenters. The number of rotatable bonds is 7. The fourth-order valence-electron chi connectivity index (χ4n) is 3.63. The van der Waals surface area contributed by atoms with Gasteiger partial charge in [-0.3, -0.25) is 0 Å². The predicted octanol–water partition coefficient (Wildman–Crippen LogP) is 3.55. The Morgan fingerprint density at radius 2 is 1.97 bits per heavy atom. The van der Waals surface area contributed by atoms with E-state index in [0.29, 0.717) is 23.4 Å². The number of aromatic nitrogens is 5. The third-order valence-corrected chi connectivity index (χ3v) is 6.11. The Bertz CT molecular complexity index is 1290. The molecule has 1 fully saturated rings. The molecule has 158 valence electrons. The molecule has 0 amide bonds. The van der Waals surface area contributed by atoms with E-state index in [1.807, 2.05) is 41.8 Å². The smallest absolute Gasteiger partial charge is 0.368 e. The van der Waals surface area contributed by atoms with E-state index in [4.69, 9.17) is 9.47 Å². The van der Waals surface area contributed by atoms with Crippen LogP contribution < -0.4 is 15.2 Å². The van der Waals surface area contributed by atoms with Crippen LogP contribution >= 0.6 is 11.3 Å². The molecule has 5 rings (SSSR count). The zero-order valence-corrected chi connectivity index (χ0v) is 18.0. The van der Waals surface area contributed by atoms with Gasteiger partial charge in [0.2, 0.25) is 0 Å². The molecule has 9 heteroatoms. The van der Waals surface area contributed by atoms with Crippen molar-refractivity contribution in [3.8, 4) is 27.9 Å². The van der Waals surface area contributed by atoms with Gasteiger partial charge in [-0.05, 0) is 52.9 Å². The number of hydrogen-bond donors (Lipinski definition) is 0. The molecule has 0 radical (unpaired) electrons. The number of ether oxygens (including phenoxy) is 2. The van der Waals surface area contributed by atoms with Crippen LogP contribution in [0.15, 0.2) is 52.6 Å². The quantitative estimate of drug-likeness (QED) is 0.441. The van der Waals surface area contributed by atoms with Gasteiger partial charge >= 0.3 is 5.69 Å². The van der Waals surface area contributed by atoms with E-state index < -0.39 is 0 Å². The summed E-state index contributed by atoms with van der Waals surface area (Å²) in [5.74, 6) is 1.26. The number of nitrogens with zero attached hydrogens (tertiary/aromatic N) is 5. The van der Waals surface area contributed by atoms with Gasteiger partial charge in [-0.1, -0.05) is 35.6 Å². The normalized spacial score (nSPS) is 13.4. The summed E-state index contributed by atoms with van der Waals surface area (Å²) in [4.78, 5) is 17.1. The molecule has 0 saturated heterocycles. The second-order valence-electron chi connectivity index (χ2n) is 7.40. The summed E-state index contributed by atoms with van der Waals surface area (Å²) in [5, 5.41) is 10.4. The van der Waals surface area contributed by atoms with Crippen LogP contribution in [0.1, 0.15) is 29.9 Å². The standard InChI is InChI=1S/C22H21N5O3S/c1-26-22(28)27(25-24-26)19-8-5-7-15(14-10-11-14)17(19)12-30-21-23-18(13-31-21)16-6-3-4-9-20(16)29-2/h3-9,13-14H,10-12H2,1-2H3. The first-order valence-electron chi connectivity index (χ1n) is 9.98. The monoisotopic (exact) mass is 435 g/mol. The average Bonchev–Trinajstić information content (AvgIpc) is 3.45. The van der Waals surface area contributed by atoms with Crippen molar-refractivity contribution >= 4 is 11.3 Å². The van der Waals surface area contributed by atoms with Crippen LogP contribution in [0.4, 0.5) is 0 Å². The highest BCUT2D eigenvalue weighted by Crippen LogP contribution is 2.43. The first-order valence-corrected chi connectivity index (χ1v) is 10.9. The van der Waals surface area contributed by atoms with Crippen LogP contribution in [0, 0.1) is 0 Å². The average molecular weight is 436 g/mol. The van der Waals surface area contributed by atoms with Crippen LogP contribution in [-0.2, 0) is 13.7 Å². The van der Waals surface area contributed by atoms with Gasteiger partial charge in [0, 0.05) is 23.6 Å². The Morgan fingerprint density at radius 1 is 1.13 bits per heavy atom. The summed E-state index contributed by atoms with van der Waals surface area (Å²) in [6.07, 6.45) is 2.28. The highest BCUT2D eigenvalue weighted by atomic mass is 32.1. The van der Waals surface area contributed by atoms with E-state index in [9.17, 15) is 4.79 Å². The van der Waals surface area contributed by atoms with Gasteiger partial charge in [-0.25, -0.2) is 9.78 Å². The van der Waals surface area contributed by atoms with Gasteiger partial charge in [0.05, 0.1) is 18.5 Å². The van der Waals surface area contributed by atoms with Crippen molar-refractivity contribution < 1.29 is 9.47 Å². The lowest BCUT2D eigenvalue weighted by atomic mass is 10.0. The second kappa shape index (κ2) is 7.99. The Morgan fingerprint density at radius 3 is 2.71 bits per heavy atom. The first-order chi connectivity index (χ1) is 15.2. The molecule has 1 aliphatic carbocycles. The largest absolute Gasteiger partial charge is 0.496 e. The maximum Gasteiger partial charge on any atom is 0.368 e. The third kappa shape index (κ3) is 3.72. The Kier molecular flexibility index (Phi) is 5.03. The number of hydrogen-bond acceptors (Lipinski definition) is 7. The Labute approximate surface area is 182 Å². The molecule has 0 spiro atoms. The summed E-state index contributed by atoms with van der Waals surface area (Å²) < 4.78 is 14.1. The molecule has 0 aliphatic heterocycles. The first kappa shape index (κ1) is 19.5. The lowest BCUT2D eigenvalue weighted by Crippen LogP contribution is -2.23. The van der Waals surface area contributed by atoms with Crippen molar-refractivity contribution in [3.05, 3.63) is 69.5 Å². The molecule has 8 nitrogen and oxygen atoms in total. The van der Waals surface area contributed by atoms with E-state index in [2.05, 4.69) is 21.5 Å². The minimum absolute atomic E-state index is 0.290. The second-order valence-corrected chi connectivity index (χ2v) is 8.22. The highest BCUT2D eigenvalue weighted by Gasteiger charge is 2.28. The molecule has 1 saturated carbocycles. The van der Waals surface area contributed by atoms with Crippen LogP contribution in [0.5, 0.6) is 10.9 Å². The Balaban J connectivity index is 1.45. The van der Waals surface area contributed by atoms with Gasteiger partial charge in [0.1, 0.15) is 12.4 Å². The molecular formula is C22H21N5O3S. The lowest BCUT2D eigenvalue weighted by Gasteiger charge is -2.13. The van der Waals surface area contributed by atoms with E-state index in [-0.39, 0.29) is 5.69 Å². The van der Waals surface area contributed by atoms with Gasteiger partial charge in [-0.15, -0.1) is 0 Å². The van der Waals surface area contributed by atoms with Gasteiger partial charge in [-0.2, -0.15) is 9.36 Å². The molecule has 4 aromatic rings. The fourth-order valence-corrected chi connectivity index (χ4v) is 4.30. The van der Waals surface area contributed by atoms with E-state index in [0.717, 1.165) is 35.4 Å². The summed E-state index contributed by atoms with van der Waals surface area (Å²) in [6, 6.07) is 13.7. The zero-order chi connectivity index (χ0) is 21.4. The molecule has 31 heavy (non-hydrogen) atoms. The summed E-state index contributed by atoms with van der Waals surface area (Å²) in [6.45, 7) is 0.296. The molecule has 2 aromatic heterocycles. The van der Waals surface area contributed by atoms with E-state index in [1.165, 1.54) is 26.3 Å². The van der Waals surface area contributed by atoms with Crippen molar-refractivity contribution in [2.75, 3.05) is 7.11 Å². The van der Waals surface area contributed by atoms with Crippen molar-refractivity contribution in [1.82, 2.24) is 24.8 Å². The van der Waals surface area contributed by atoms with Crippen LogP contribution in [-0.4, -0.2) is 31.9 Å². The van der Waals surface area contributed by atoms with E-state index >= 15 is 0 Å². The maximum atomic E-state index is 12.5. The zero-order valence-electron chi connectivity index (χ0n) is 17.2. The minimum atomic E-state index is -0.290. The number of tetrazole rings is 1. The minimum Gasteiger partial charge on any atom is -0.496 e. The highest BCUT2D eigenvalue weighted by molar-refractivity contribution is 7.11. The van der Waals surface area contributed by atoms with Crippen LogP contribution in [0.2, 0.25) is 0 Å². The lowest BCUT2D eigenvalue weighted by molar-refractivity contribution is 0.303. The predicted molar refractivity (Wildman–Crippen MR) is 117 cm³/mol. The molecule has 0 bridgehead atoms. The van der Waals surface area contributed by atoms with Gasteiger partial charge in [0.15, 0.2) is 0 Å². The molecule has 2 heterocycles. The number of aryl methyl sites for hydroxylation is 1. The summed E-state index contributed by atoms with van der Waals surface area (Å²) in [5.41, 5.74) is 4.27. The SMILES string of the molecule is COc1ccccc1-c1csc(OCc2c(C3CC3)cccc2-n2nnn(C)c2=O)n1. The summed E-state index contributed by atoms with van der Waals surface area (Å²) >= 11 is 1.43. The van der Waals surface area contributed by atoms with Crippen molar-refractivity contribution in [3.63, 3.8) is 0 Å². The number of para-hydroxylation sites is 1. The maximum absolute atomic E-state index is 12.5. The van der Waals surface area contributed by atoms with Crippen LogP contribution in [0.3, 0.4) is 0 Å². The topological polar surface area (TPSA) is 84.1 Å².